The van der Waals surface area contributed by atoms with Gasteiger partial charge in [-0.25, -0.2) is 15.0 Å². The van der Waals surface area contributed by atoms with E-state index in [0.717, 1.165) is 48.7 Å². The molecule has 3 aromatic heterocycles. The van der Waals surface area contributed by atoms with E-state index < -0.39 is 0 Å². The standard InChI is InChI=1S/C18H18N6/c19-17-14(4-2-7-21-17)11-24-8-5-16-15(12-24)10-22-18(23-16)13-3-1-6-20-9-13/h1-4,6-7,9-10H,5,8,11-12H2,(H2,19,21). The van der Waals surface area contributed by atoms with Crippen LogP contribution in [0.25, 0.3) is 11.4 Å². The van der Waals surface area contributed by atoms with Gasteiger partial charge in [-0.3, -0.25) is 9.88 Å². The molecular weight excluding hydrogens is 300 g/mol. The van der Waals surface area contributed by atoms with Crippen LogP contribution in [0.1, 0.15) is 16.8 Å². The molecule has 24 heavy (non-hydrogen) atoms. The number of nitrogens with two attached hydrogens (primary N) is 1. The van der Waals surface area contributed by atoms with E-state index in [2.05, 4.69) is 19.9 Å². The number of nitrogens with zero attached hydrogens (tertiary/aromatic N) is 5. The number of aromatic nitrogens is 4. The van der Waals surface area contributed by atoms with Gasteiger partial charge in [-0.05, 0) is 18.2 Å². The Morgan fingerprint density at radius 1 is 1.08 bits per heavy atom. The molecule has 0 unspecified atom stereocenters. The number of anilines is 1. The Labute approximate surface area is 140 Å². The van der Waals surface area contributed by atoms with Crippen molar-refractivity contribution in [2.45, 2.75) is 19.5 Å². The zero-order valence-corrected chi connectivity index (χ0v) is 13.3. The van der Waals surface area contributed by atoms with Crippen molar-refractivity contribution in [1.29, 1.82) is 0 Å². The average molecular weight is 318 g/mol. The average Bonchev–Trinajstić information content (AvgIpc) is 2.64. The lowest BCUT2D eigenvalue weighted by molar-refractivity contribution is 0.243. The monoisotopic (exact) mass is 318 g/mol. The summed E-state index contributed by atoms with van der Waals surface area (Å²) in [5.74, 6) is 1.35. The van der Waals surface area contributed by atoms with E-state index in [0.29, 0.717) is 5.82 Å². The largest absolute Gasteiger partial charge is 0.383 e. The van der Waals surface area contributed by atoms with Crippen LogP contribution < -0.4 is 5.73 Å². The highest BCUT2D eigenvalue weighted by atomic mass is 15.1. The summed E-state index contributed by atoms with van der Waals surface area (Å²) in [5.41, 5.74) is 10.3. The molecule has 0 spiro atoms. The molecule has 120 valence electrons. The normalized spacial score (nSPS) is 14.3. The minimum absolute atomic E-state index is 0.603. The van der Waals surface area contributed by atoms with Crippen LogP contribution in [-0.2, 0) is 19.5 Å². The molecule has 0 saturated carbocycles. The minimum atomic E-state index is 0.603. The van der Waals surface area contributed by atoms with Crippen LogP contribution in [-0.4, -0.2) is 31.4 Å². The molecule has 6 nitrogen and oxygen atoms in total. The van der Waals surface area contributed by atoms with Crippen molar-refractivity contribution >= 4 is 5.82 Å². The molecule has 1 aliphatic heterocycles. The van der Waals surface area contributed by atoms with Crippen LogP contribution in [0.3, 0.4) is 0 Å². The molecule has 4 heterocycles. The molecule has 6 heteroatoms. The van der Waals surface area contributed by atoms with E-state index in [4.69, 9.17) is 10.7 Å². The minimum Gasteiger partial charge on any atom is -0.383 e. The van der Waals surface area contributed by atoms with Crippen molar-refractivity contribution in [3.63, 3.8) is 0 Å². The number of nitrogen functional groups attached to an aromatic ring is 1. The summed E-state index contributed by atoms with van der Waals surface area (Å²) in [6, 6.07) is 7.83. The van der Waals surface area contributed by atoms with Crippen LogP contribution in [0.15, 0.2) is 49.1 Å². The molecule has 0 aromatic carbocycles. The van der Waals surface area contributed by atoms with E-state index >= 15 is 0 Å². The molecule has 3 aromatic rings. The van der Waals surface area contributed by atoms with Crippen LogP contribution in [0, 0.1) is 0 Å². The van der Waals surface area contributed by atoms with Crippen LogP contribution in [0.2, 0.25) is 0 Å². The van der Waals surface area contributed by atoms with Crippen LogP contribution >= 0.6 is 0 Å². The fourth-order valence-electron chi connectivity index (χ4n) is 2.97. The first-order valence-corrected chi connectivity index (χ1v) is 7.96. The predicted octanol–water partition coefficient (Wildman–Crippen LogP) is 2.07. The van der Waals surface area contributed by atoms with E-state index in [-0.39, 0.29) is 0 Å². The zero-order chi connectivity index (χ0) is 16.4. The fourth-order valence-corrected chi connectivity index (χ4v) is 2.97. The number of hydrogen-bond acceptors (Lipinski definition) is 6. The van der Waals surface area contributed by atoms with Gasteiger partial charge in [-0.1, -0.05) is 6.07 Å². The summed E-state index contributed by atoms with van der Waals surface area (Å²) < 4.78 is 0. The topological polar surface area (TPSA) is 80.8 Å². The highest BCUT2D eigenvalue weighted by Crippen LogP contribution is 2.22. The summed E-state index contributed by atoms with van der Waals surface area (Å²) >= 11 is 0. The maximum atomic E-state index is 5.95. The number of hydrogen-bond donors (Lipinski definition) is 1. The molecule has 1 aliphatic rings. The zero-order valence-electron chi connectivity index (χ0n) is 13.3. The lowest BCUT2D eigenvalue weighted by Crippen LogP contribution is -2.31. The third kappa shape index (κ3) is 2.96. The SMILES string of the molecule is Nc1ncccc1CN1CCc2nc(-c3cccnc3)ncc2C1. The van der Waals surface area contributed by atoms with Gasteiger partial charge < -0.3 is 5.73 Å². The Morgan fingerprint density at radius 3 is 2.83 bits per heavy atom. The van der Waals surface area contributed by atoms with Crippen LogP contribution in [0.5, 0.6) is 0 Å². The van der Waals surface area contributed by atoms with Gasteiger partial charge in [0.05, 0.1) is 5.69 Å². The first kappa shape index (κ1) is 14.7. The highest BCUT2D eigenvalue weighted by molar-refractivity contribution is 5.53. The molecule has 0 atom stereocenters. The predicted molar refractivity (Wildman–Crippen MR) is 91.7 cm³/mol. The molecule has 0 amide bonds. The second-order valence-corrected chi connectivity index (χ2v) is 5.92. The second kappa shape index (κ2) is 6.33. The fraction of sp³-hybridized carbons (Fsp3) is 0.222. The molecule has 2 N–H and O–H groups in total. The van der Waals surface area contributed by atoms with Gasteiger partial charge in [-0.2, -0.15) is 0 Å². The number of fused-ring (bicyclic) bond motifs is 1. The molecular formula is C18H18N6. The maximum Gasteiger partial charge on any atom is 0.160 e. The van der Waals surface area contributed by atoms with E-state index in [1.54, 1.807) is 18.6 Å². The summed E-state index contributed by atoms with van der Waals surface area (Å²) in [7, 11) is 0. The third-order valence-electron chi connectivity index (χ3n) is 4.25. The molecule has 0 bridgehead atoms. The van der Waals surface area contributed by atoms with Gasteiger partial charge in [0.2, 0.25) is 0 Å². The van der Waals surface area contributed by atoms with Crippen molar-refractivity contribution in [2.75, 3.05) is 12.3 Å². The Hall–Kier alpha value is -2.86. The number of rotatable bonds is 3. The molecule has 0 saturated heterocycles. The van der Waals surface area contributed by atoms with Crippen molar-refractivity contribution in [2.24, 2.45) is 0 Å². The molecule has 0 aliphatic carbocycles. The van der Waals surface area contributed by atoms with Crippen molar-refractivity contribution in [1.82, 2.24) is 24.8 Å². The van der Waals surface area contributed by atoms with Gasteiger partial charge in [0, 0.05) is 67.5 Å². The third-order valence-corrected chi connectivity index (χ3v) is 4.25. The van der Waals surface area contributed by atoms with Crippen LogP contribution in [0.4, 0.5) is 5.82 Å². The Morgan fingerprint density at radius 2 is 2.00 bits per heavy atom. The van der Waals surface area contributed by atoms with Gasteiger partial charge in [0.15, 0.2) is 5.82 Å². The highest BCUT2D eigenvalue weighted by Gasteiger charge is 2.19. The molecule has 4 rings (SSSR count). The Bertz CT molecular complexity index is 849. The summed E-state index contributed by atoms with van der Waals surface area (Å²) in [5, 5.41) is 0. The summed E-state index contributed by atoms with van der Waals surface area (Å²) in [6.07, 6.45) is 8.11. The lowest BCUT2D eigenvalue weighted by atomic mass is 10.1. The smallest absolute Gasteiger partial charge is 0.160 e. The van der Waals surface area contributed by atoms with E-state index in [1.165, 1.54) is 5.56 Å². The Kier molecular flexibility index (Phi) is 3.88. The first-order valence-electron chi connectivity index (χ1n) is 7.96. The first-order chi connectivity index (χ1) is 11.8. The Balaban J connectivity index is 1.53. The van der Waals surface area contributed by atoms with Crippen molar-refractivity contribution < 1.29 is 0 Å². The van der Waals surface area contributed by atoms with E-state index in [9.17, 15) is 0 Å². The lowest BCUT2D eigenvalue weighted by Gasteiger charge is -2.28. The second-order valence-electron chi connectivity index (χ2n) is 5.92. The van der Waals surface area contributed by atoms with Crippen molar-refractivity contribution in [3.8, 4) is 11.4 Å². The molecule has 0 radical (unpaired) electrons. The maximum absolute atomic E-state index is 5.95. The van der Waals surface area contributed by atoms with E-state index in [1.807, 2.05) is 30.5 Å². The van der Waals surface area contributed by atoms with Gasteiger partial charge in [0.1, 0.15) is 5.82 Å². The van der Waals surface area contributed by atoms with Gasteiger partial charge in [0.25, 0.3) is 0 Å². The summed E-state index contributed by atoms with van der Waals surface area (Å²) in [6.45, 7) is 2.57. The van der Waals surface area contributed by atoms with Gasteiger partial charge in [-0.15, -0.1) is 0 Å². The summed E-state index contributed by atoms with van der Waals surface area (Å²) in [4.78, 5) is 19.9. The quantitative estimate of drug-likeness (QED) is 0.796. The van der Waals surface area contributed by atoms with Gasteiger partial charge >= 0.3 is 0 Å². The number of pyridine rings is 2. The molecule has 0 fully saturated rings. The van der Waals surface area contributed by atoms with Crippen molar-refractivity contribution in [3.05, 3.63) is 65.9 Å².